The van der Waals surface area contributed by atoms with Crippen molar-refractivity contribution in [3.8, 4) is 17.1 Å². The van der Waals surface area contributed by atoms with Crippen molar-refractivity contribution in [3.63, 3.8) is 0 Å². The summed E-state index contributed by atoms with van der Waals surface area (Å²) >= 11 is 0. The first-order valence-corrected chi connectivity index (χ1v) is 7.29. The van der Waals surface area contributed by atoms with Crippen LogP contribution in [0.3, 0.4) is 0 Å². The number of nitrogens with zero attached hydrogens (tertiary/aromatic N) is 1. The molecule has 0 saturated heterocycles. The van der Waals surface area contributed by atoms with Gasteiger partial charge in [0.05, 0.1) is 12.1 Å². The average Bonchev–Trinajstić information content (AvgIpc) is 3.09. The number of hydrogen-bond donors (Lipinski definition) is 1. The number of amides is 1. The summed E-state index contributed by atoms with van der Waals surface area (Å²) in [5.41, 5.74) is 2.73. The zero-order chi connectivity index (χ0) is 15.5. The van der Waals surface area contributed by atoms with Crippen molar-refractivity contribution in [1.29, 1.82) is 0 Å². The second-order valence-corrected chi connectivity index (χ2v) is 5.41. The number of ether oxygens (including phenoxy) is 1. The monoisotopic (exact) mass is 298 g/mol. The predicted molar refractivity (Wildman–Crippen MR) is 82.6 cm³/mol. The topological polar surface area (TPSA) is 64.4 Å². The van der Waals surface area contributed by atoms with Gasteiger partial charge in [-0.25, -0.2) is 0 Å². The van der Waals surface area contributed by atoms with Crippen molar-refractivity contribution in [2.45, 2.75) is 25.9 Å². The third kappa shape index (κ3) is 3.03. The first-order valence-electron chi connectivity index (χ1n) is 7.29. The molecule has 1 N–H and O–H groups in total. The molecule has 0 radical (unpaired) electrons. The minimum absolute atomic E-state index is 0.101. The number of hydrogen-bond acceptors (Lipinski definition) is 4. The first kappa shape index (κ1) is 14.4. The number of aromatic nitrogens is 1. The van der Waals surface area contributed by atoms with Crippen LogP contribution in [0.25, 0.3) is 11.3 Å². The van der Waals surface area contributed by atoms with Crippen LogP contribution in [-0.2, 0) is 17.6 Å². The van der Waals surface area contributed by atoms with Crippen LogP contribution in [0.2, 0.25) is 0 Å². The Morgan fingerprint density at radius 3 is 3.18 bits per heavy atom. The molecule has 1 amide bonds. The lowest BCUT2D eigenvalue weighted by molar-refractivity contribution is -0.120. The molecular formula is C17H18N2O3. The quantitative estimate of drug-likeness (QED) is 0.861. The van der Waals surface area contributed by atoms with Gasteiger partial charge in [0.1, 0.15) is 11.9 Å². The number of carbonyl (C=O) groups excluding carboxylic acids is 1. The lowest BCUT2D eigenvalue weighted by Crippen LogP contribution is -2.24. The van der Waals surface area contributed by atoms with Gasteiger partial charge in [0.2, 0.25) is 5.91 Å². The van der Waals surface area contributed by atoms with Crippen molar-refractivity contribution < 1.29 is 14.1 Å². The van der Waals surface area contributed by atoms with Crippen molar-refractivity contribution in [3.05, 3.63) is 48.2 Å². The zero-order valence-electron chi connectivity index (χ0n) is 12.5. The fraction of sp³-hybridized carbons (Fsp3) is 0.294. The fourth-order valence-electron chi connectivity index (χ4n) is 2.52. The maximum Gasteiger partial charge on any atom is 0.226 e. The molecule has 5 heteroatoms. The van der Waals surface area contributed by atoms with Crippen LogP contribution in [0.5, 0.6) is 5.75 Å². The van der Waals surface area contributed by atoms with Gasteiger partial charge in [0.25, 0.3) is 0 Å². The van der Waals surface area contributed by atoms with Crippen molar-refractivity contribution in [2.75, 3.05) is 6.54 Å². The van der Waals surface area contributed by atoms with Crippen LogP contribution in [0, 0.1) is 0 Å². The summed E-state index contributed by atoms with van der Waals surface area (Å²) in [6, 6.07) is 7.75. The molecule has 0 spiro atoms. The van der Waals surface area contributed by atoms with Gasteiger partial charge in [0.15, 0.2) is 5.76 Å². The third-order valence-electron chi connectivity index (χ3n) is 3.52. The van der Waals surface area contributed by atoms with E-state index in [2.05, 4.69) is 23.1 Å². The van der Waals surface area contributed by atoms with Crippen LogP contribution in [0.15, 0.2) is 41.4 Å². The molecule has 0 aliphatic carbocycles. The molecule has 22 heavy (non-hydrogen) atoms. The summed E-state index contributed by atoms with van der Waals surface area (Å²) < 4.78 is 11.0. The Morgan fingerprint density at radius 2 is 2.36 bits per heavy atom. The molecule has 0 bridgehead atoms. The highest BCUT2D eigenvalue weighted by Gasteiger charge is 2.20. The van der Waals surface area contributed by atoms with Crippen molar-refractivity contribution in [1.82, 2.24) is 10.5 Å². The summed E-state index contributed by atoms with van der Waals surface area (Å²) in [7, 11) is 0. The van der Waals surface area contributed by atoms with E-state index in [9.17, 15) is 4.79 Å². The normalized spacial score (nSPS) is 16.0. The molecule has 114 valence electrons. The molecule has 1 aromatic heterocycles. The van der Waals surface area contributed by atoms with Gasteiger partial charge in [-0.05, 0) is 30.7 Å². The highest BCUT2D eigenvalue weighted by molar-refractivity contribution is 5.78. The number of benzene rings is 1. The van der Waals surface area contributed by atoms with E-state index in [1.807, 2.05) is 19.1 Å². The zero-order valence-corrected chi connectivity index (χ0v) is 12.5. The molecule has 1 unspecified atom stereocenters. The molecule has 2 aromatic rings. The minimum atomic E-state index is -0.101. The van der Waals surface area contributed by atoms with Crippen LogP contribution < -0.4 is 10.1 Å². The highest BCUT2D eigenvalue weighted by Crippen LogP contribution is 2.33. The van der Waals surface area contributed by atoms with Gasteiger partial charge in [-0.2, -0.15) is 0 Å². The summed E-state index contributed by atoms with van der Waals surface area (Å²) in [6.07, 6.45) is 2.94. The average molecular weight is 298 g/mol. The van der Waals surface area contributed by atoms with Crippen LogP contribution in [0.4, 0.5) is 0 Å². The smallest absolute Gasteiger partial charge is 0.226 e. The molecule has 1 atom stereocenters. The van der Waals surface area contributed by atoms with E-state index in [-0.39, 0.29) is 18.4 Å². The van der Waals surface area contributed by atoms with E-state index in [0.29, 0.717) is 18.0 Å². The van der Waals surface area contributed by atoms with E-state index in [4.69, 9.17) is 9.26 Å². The van der Waals surface area contributed by atoms with E-state index < -0.39 is 0 Å². The lowest BCUT2D eigenvalue weighted by Gasteiger charge is -2.02. The van der Waals surface area contributed by atoms with Gasteiger partial charge in [0, 0.05) is 24.6 Å². The number of nitrogens with one attached hydrogen (secondary N) is 1. The van der Waals surface area contributed by atoms with Gasteiger partial charge in [-0.1, -0.05) is 11.2 Å². The maximum absolute atomic E-state index is 11.6. The highest BCUT2D eigenvalue weighted by atomic mass is 16.5. The molecule has 2 heterocycles. The first-order chi connectivity index (χ1) is 10.7. The minimum Gasteiger partial charge on any atom is -0.490 e. The van der Waals surface area contributed by atoms with Crippen LogP contribution >= 0.6 is 0 Å². The Labute approximate surface area is 129 Å². The largest absolute Gasteiger partial charge is 0.490 e. The Morgan fingerprint density at radius 1 is 1.50 bits per heavy atom. The van der Waals surface area contributed by atoms with Crippen molar-refractivity contribution in [2.24, 2.45) is 0 Å². The number of carbonyl (C=O) groups is 1. The third-order valence-corrected chi connectivity index (χ3v) is 3.52. The molecule has 1 aromatic carbocycles. The summed E-state index contributed by atoms with van der Waals surface area (Å²) in [6.45, 7) is 6.06. The standard InChI is InChI=1S/C17H18N2O3/c1-3-6-18-17(20)10-14-9-16(22-19-14)12-4-5-15-13(8-12)7-11(2)21-15/h3-5,8-9,11H,1,6-7,10H2,2H3,(H,18,20). The molecule has 5 nitrogen and oxygen atoms in total. The number of fused-ring (bicyclic) bond motifs is 1. The van der Waals surface area contributed by atoms with Gasteiger partial charge >= 0.3 is 0 Å². The SMILES string of the molecule is C=CCNC(=O)Cc1cc(-c2ccc3c(c2)CC(C)O3)on1. The van der Waals surface area contributed by atoms with E-state index in [1.165, 1.54) is 5.56 Å². The molecule has 1 aliphatic heterocycles. The van der Waals surface area contributed by atoms with E-state index in [0.717, 1.165) is 17.7 Å². The van der Waals surface area contributed by atoms with Crippen molar-refractivity contribution >= 4 is 5.91 Å². The molecule has 0 saturated carbocycles. The molecule has 3 rings (SSSR count). The van der Waals surface area contributed by atoms with Gasteiger partial charge < -0.3 is 14.6 Å². The van der Waals surface area contributed by atoms with E-state index in [1.54, 1.807) is 12.1 Å². The number of rotatable bonds is 5. The Hall–Kier alpha value is -2.56. The molecular weight excluding hydrogens is 280 g/mol. The molecule has 0 fully saturated rings. The lowest BCUT2D eigenvalue weighted by atomic mass is 10.1. The molecule has 1 aliphatic rings. The second kappa shape index (κ2) is 6.05. The Bertz CT molecular complexity index is 706. The van der Waals surface area contributed by atoms with Gasteiger partial charge in [-0.3, -0.25) is 4.79 Å². The summed E-state index contributed by atoms with van der Waals surface area (Å²) in [5, 5.41) is 6.67. The summed E-state index contributed by atoms with van der Waals surface area (Å²) in [5.74, 6) is 1.49. The Kier molecular flexibility index (Phi) is 3.96. The maximum atomic E-state index is 11.6. The fourth-order valence-corrected chi connectivity index (χ4v) is 2.52. The van der Waals surface area contributed by atoms with Crippen LogP contribution in [-0.4, -0.2) is 23.7 Å². The van der Waals surface area contributed by atoms with E-state index >= 15 is 0 Å². The van der Waals surface area contributed by atoms with Gasteiger partial charge in [-0.15, -0.1) is 6.58 Å². The second-order valence-electron chi connectivity index (χ2n) is 5.41. The summed E-state index contributed by atoms with van der Waals surface area (Å²) in [4.78, 5) is 11.6. The predicted octanol–water partition coefficient (Wildman–Crippen LogP) is 2.51. The van der Waals surface area contributed by atoms with Crippen LogP contribution in [0.1, 0.15) is 18.2 Å². The Balaban J connectivity index is 1.73.